The van der Waals surface area contributed by atoms with Crippen LogP contribution in [0.1, 0.15) is 26.7 Å². The van der Waals surface area contributed by atoms with Crippen molar-refractivity contribution in [2.24, 2.45) is 0 Å². The first-order chi connectivity index (χ1) is 10.1. The average molecular weight is 307 g/mol. The number of carbonyl (C=O) groups is 1. The van der Waals surface area contributed by atoms with Gasteiger partial charge in [0.2, 0.25) is 5.91 Å². The summed E-state index contributed by atoms with van der Waals surface area (Å²) in [6.07, 6.45) is 1.39. The van der Waals surface area contributed by atoms with Crippen molar-refractivity contribution in [2.45, 2.75) is 32.7 Å². The molecule has 1 amide bonds. The Kier molecular flexibility index (Phi) is 5.38. The van der Waals surface area contributed by atoms with Gasteiger partial charge in [-0.3, -0.25) is 4.79 Å². The summed E-state index contributed by atoms with van der Waals surface area (Å²) in [4.78, 5) is 16.2. The number of nitrogens with one attached hydrogen (secondary N) is 2. The van der Waals surface area contributed by atoms with E-state index < -0.39 is 0 Å². The van der Waals surface area contributed by atoms with Gasteiger partial charge in [-0.1, -0.05) is 18.3 Å². The molecule has 0 aliphatic heterocycles. The minimum Gasteiger partial charge on any atom is -0.497 e. The second kappa shape index (κ2) is 7.26. The summed E-state index contributed by atoms with van der Waals surface area (Å²) < 4.78 is 6.27. The molecule has 2 rings (SSSR count). The quantitative estimate of drug-likeness (QED) is 0.825. The first-order valence-corrected chi connectivity index (χ1v) is 7.91. The van der Waals surface area contributed by atoms with E-state index in [9.17, 15) is 4.79 Å². The molecule has 1 aromatic carbocycles. The average Bonchev–Trinajstić information content (AvgIpc) is 2.88. The fraction of sp³-hybridized carbons (Fsp3) is 0.467. The Morgan fingerprint density at radius 1 is 1.48 bits per heavy atom. The number of rotatable bonds is 7. The molecule has 1 heterocycles. The van der Waals surface area contributed by atoms with E-state index in [1.54, 1.807) is 18.4 Å². The van der Waals surface area contributed by atoms with Gasteiger partial charge < -0.3 is 15.4 Å². The Hall–Kier alpha value is -1.82. The van der Waals surface area contributed by atoms with Gasteiger partial charge in [-0.15, -0.1) is 0 Å². The number of thiazole rings is 1. The molecular formula is C15H21N3O2S. The minimum absolute atomic E-state index is 0.0691. The van der Waals surface area contributed by atoms with Gasteiger partial charge in [0.15, 0.2) is 5.13 Å². The van der Waals surface area contributed by atoms with E-state index >= 15 is 0 Å². The maximum atomic E-state index is 11.7. The van der Waals surface area contributed by atoms with Crippen LogP contribution in [-0.4, -0.2) is 30.6 Å². The maximum Gasteiger partial charge on any atom is 0.221 e. The largest absolute Gasteiger partial charge is 0.497 e. The number of hydrogen-bond donors (Lipinski definition) is 2. The number of amides is 1. The summed E-state index contributed by atoms with van der Waals surface area (Å²) in [6.45, 7) is 4.64. The molecule has 114 valence electrons. The molecule has 0 spiro atoms. The van der Waals surface area contributed by atoms with Crippen LogP contribution in [0.5, 0.6) is 5.75 Å². The van der Waals surface area contributed by atoms with E-state index in [0.717, 1.165) is 27.5 Å². The number of methoxy groups -OCH3 is 1. The van der Waals surface area contributed by atoms with E-state index in [1.807, 2.05) is 25.1 Å². The zero-order chi connectivity index (χ0) is 15.2. The molecule has 6 heteroatoms. The normalized spacial score (nSPS) is 12.1. The summed E-state index contributed by atoms with van der Waals surface area (Å²) in [5.41, 5.74) is 0.937. The van der Waals surface area contributed by atoms with Crippen LogP contribution in [-0.2, 0) is 4.79 Å². The fourth-order valence-corrected chi connectivity index (χ4v) is 2.76. The lowest BCUT2D eigenvalue weighted by molar-refractivity contribution is -0.121. The summed E-state index contributed by atoms with van der Waals surface area (Å²) in [5, 5.41) is 6.97. The molecule has 0 aliphatic rings. The van der Waals surface area contributed by atoms with Gasteiger partial charge in [0.1, 0.15) is 5.75 Å². The van der Waals surface area contributed by atoms with Crippen molar-refractivity contribution in [3.63, 3.8) is 0 Å². The van der Waals surface area contributed by atoms with Crippen LogP contribution < -0.4 is 15.4 Å². The third-order valence-electron chi connectivity index (χ3n) is 3.24. The molecule has 1 atom stereocenters. The van der Waals surface area contributed by atoms with Crippen molar-refractivity contribution in [1.29, 1.82) is 0 Å². The van der Waals surface area contributed by atoms with Crippen LogP contribution in [0, 0.1) is 0 Å². The van der Waals surface area contributed by atoms with E-state index in [0.29, 0.717) is 13.0 Å². The SMILES string of the molecule is CCC(C)NC(=O)CCNc1nc2ccc(OC)cc2s1. The third-order valence-corrected chi connectivity index (χ3v) is 4.22. The van der Waals surface area contributed by atoms with Crippen LogP contribution in [0.4, 0.5) is 5.13 Å². The highest BCUT2D eigenvalue weighted by molar-refractivity contribution is 7.22. The number of ether oxygens (including phenoxy) is 1. The predicted octanol–water partition coefficient (Wildman–Crippen LogP) is 3.02. The second-order valence-corrected chi connectivity index (χ2v) is 5.94. The maximum absolute atomic E-state index is 11.7. The molecule has 0 saturated carbocycles. The Labute approximate surface area is 128 Å². The third kappa shape index (κ3) is 4.32. The van der Waals surface area contributed by atoms with Crippen molar-refractivity contribution in [1.82, 2.24) is 10.3 Å². The molecule has 0 radical (unpaired) electrons. The molecule has 2 N–H and O–H groups in total. The Morgan fingerprint density at radius 3 is 3.00 bits per heavy atom. The molecule has 0 fully saturated rings. The van der Waals surface area contributed by atoms with Crippen molar-refractivity contribution >= 4 is 32.6 Å². The van der Waals surface area contributed by atoms with Crippen LogP contribution >= 0.6 is 11.3 Å². The van der Waals surface area contributed by atoms with Gasteiger partial charge >= 0.3 is 0 Å². The first kappa shape index (κ1) is 15.6. The summed E-state index contributed by atoms with van der Waals surface area (Å²) in [7, 11) is 1.65. The Morgan fingerprint density at radius 2 is 2.29 bits per heavy atom. The van der Waals surface area contributed by atoms with E-state index in [2.05, 4.69) is 22.5 Å². The number of carbonyl (C=O) groups excluding carboxylic acids is 1. The van der Waals surface area contributed by atoms with Gasteiger partial charge in [0.25, 0.3) is 0 Å². The number of nitrogens with zero attached hydrogens (tertiary/aromatic N) is 1. The van der Waals surface area contributed by atoms with Gasteiger partial charge in [-0.05, 0) is 31.5 Å². The van der Waals surface area contributed by atoms with Gasteiger partial charge in [-0.25, -0.2) is 4.98 Å². The highest BCUT2D eigenvalue weighted by Gasteiger charge is 2.07. The molecule has 0 aliphatic carbocycles. The predicted molar refractivity (Wildman–Crippen MR) is 87.2 cm³/mol. The monoisotopic (exact) mass is 307 g/mol. The molecule has 0 saturated heterocycles. The zero-order valence-corrected chi connectivity index (χ0v) is 13.4. The van der Waals surface area contributed by atoms with E-state index in [4.69, 9.17) is 4.74 Å². The van der Waals surface area contributed by atoms with Crippen LogP contribution in [0.15, 0.2) is 18.2 Å². The molecule has 1 unspecified atom stereocenters. The molecule has 5 nitrogen and oxygen atoms in total. The molecule has 21 heavy (non-hydrogen) atoms. The fourth-order valence-electron chi connectivity index (χ4n) is 1.84. The number of hydrogen-bond acceptors (Lipinski definition) is 5. The molecule has 2 aromatic rings. The summed E-state index contributed by atoms with van der Waals surface area (Å²) in [6, 6.07) is 6.03. The van der Waals surface area contributed by atoms with E-state index in [-0.39, 0.29) is 11.9 Å². The lowest BCUT2D eigenvalue weighted by atomic mass is 10.2. The lowest BCUT2D eigenvalue weighted by Gasteiger charge is -2.11. The minimum atomic E-state index is 0.0691. The number of anilines is 1. The molecular weight excluding hydrogens is 286 g/mol. The molecule has 0 bridgehead atoms. The second-order valence-electron chi connectivity index (χ2n) is 4.91. The van der Waals surface area contributed by atoms with Crippen molar-refractivity contribution in [3.05, 3.63) is 18.2 Å². The van der Waals surface area contributed by atoms with Crippen molar-refractivity contribution < 1.29 is 9.53 Å². The standard InChI is InChI=1S/C15H21N3O2S/c1-4-10(2)17-14(19)7-8-16-15-18-12-6-5-11(20-3)9-13(12)21-15/h5-6,9-10H,4,7-8H2,1-3H3,(H,16,18)(H,17,19). The van der Waals surface area contributed by atoms with Crippen molar-refractivity contribution in [3.8, 4) is 5.75 Å². The highest BCUT2D eigenvalue weighted by atomic mass is 32.1. The van der Waals surface area contributed by atoms with Crippen LogP contribution in [0.25, 0.3) is 10.2 Å². The summed E-state index contributed by atoms with van der Waals surface area (Å²) in [5.74, 6) is 0.894. The Balaban J connectivity index is 1.87. The molecule has 1 aromatic heterocycles. The van der Waals surface area contributed by atoms with Crippen molar-refractivity contribution in [2.75, 3.05) is 19.0 Å². The zero-order valence-electron chi connectivity index (χ0n) is 12.6. The lowest BCUT2D eigenvalue weighted by Crippen LogP contribution is -2.32. The van der Waals surface area contributed by atoms with E-state index in [1.165, 1.54) is 0 Å². The Bertz CT molecular complexity index is 612. The highest BCUT2D eigenvalue weighted by Crippen LogP contribution is 2.28. The number of benzene rings is 1. The number of aromatic nitrogens is 1. The van der Waals surface area contributed by atoms with Crippen LogP contribution in [0.2, 0.25) is 0 Å². The van der Waals surface area contributed by atoms with Gasteiger partial charge in [0.05, 0.1) is 17.3 Å². The topological polar surface area (TPSA) is 63.2 Å². The van der Waals surface area contributed by atoms with Crippen LogP contribution in [0.3, 0.4) is 0 Å². The first-order valence-electron chi connectivity index (χ1n) is 7.10. The summed E-state index contributed by atoms with van der Waals surface area (Å²) >= 11 is 1.56. The smallest absolute Gasteiger partial charge is 0.221 e. The van der Waals surface area contributed by atoms with Gasteiger partial charge in [0, 0.05) is 19.0 Å². The van der Waals surface area contributed by atoms with Gasteiger partial charge in [-0.2, -0.15) is 0 Å². The number of fused-ring (bicyclic) bond motifs is 1.